The van der Waals surface area contributed by atoms with Crippen LogP contribution in [0, 0.1) is 0 Å². The Balaban J connectivity index is 2.21. The van der Waals surface area contributed by atoms with Crippen LogP contribution in [0.2, 0.25) is 0 Å². The molecule has 5 nitrogen and oxygen atoms in total. The SMILES string of the molecule is COCCOCCNc1snc(N)c1SC. The predicted octanol–water partition coefficient (Wildman–Crippen LogP) is 1.52. The summed E-state index contributed by atoms with van der Waals surface area (Å²) < 4.78 is 14.3. The number of ether oxygens (including phenoxy) is 2. The molecule has 16 heavy (non-hydrogen) atoms. The van der Waals surface area contributed by atoms with E-state index < -0.39 is 0 Å². The van der Waals surface area contributed by atoms with Crippen LogP contribution in [0.5, 0.6) is 0 Å². The van der Waals surface area contributed by atoms with Crippen molar-refractivity contribution in [2.45, 2.75) is 4.90 Å². The summed E-state index contributed by atoms with van der Waals surface area (Å²) in [6.45, 7) is 2.65. The van der Waals surface area contributed by atoms with E-state index in [1.165, 1.54) is 11.5 Å². The highest BCUT2D eigenvalue weighted by atomic mass is 32.2. The fourth-order valence-corrected chi connectivity index (χ4v) is 2.65. The lowest BCUT2D eigenvalue weighted by molar-refractivity contribution is 0.0759. The highest BCUT2D eigenvalue weighted by molar-refractivity contribution is 7.99. The van der Waals surface area contributed by atoms with Crippen molar-refractivity contribution in [2.24, 2.45) is 0 Å². The van der Waals surface area contributed by atoms with Gasteiger partial charge >= 0.3 is 0 Å². The van der Waals surface area contributed by atoms with Crippen LogP contribution < -0.4 is 11.1 Å². The third-order valence-corrected chi connectivity index (χ3v) is 3.61. The molecule has 0 amide bonds. The Morgan fingerprint density at radius 2 is 2.25 bits per heavy atom. The van der Waals surface area contributed by atoms with Gasteiger partial charge in [-0.25, -0.2) is 0 Å². The van der Waals surface area contributed by atoms with Crippen molar-refractivity contribution in [1.82, 2.24) is 4.37 Å². The average Bonchev–Trinajstić information content (AvgIpc) is 2.64. The van der Waals surface area contributed by atoms with Gasteiger partial charge in [-0.15, -0.1) is 11.8 Å². The first-order valence-corrected chi connectivity index (χ1v) is 6.89. The third kappa shape index (κ3) is 4.17. The molecule has 0 saturated carbocycles. The number of nitrogens with two attached hydrogens (primary N) is 1. The van der Waals surface area contributed by atoms with Crippen molar-refractivity contribution in [3.05, 3.63) is 0 Å². The number of hydrogen-bond acceptors (Lipinski definition) is 7. The molecule has 1 rings (SSSR count). The molecular weight excluding hydrogens is 246 g/mol. The Kier molecular flexibility index (Phi) is 6.55. The third-order valence-electron chi connectivity index (χ3n) is 1.84. The van der Waals surface area contributed by atoms with Gasteiger partial charge in [0.1, 0.15) is 5.00 Å². The fraction of sp³-hybridized carbons (Fsp3) is 0.667. The number of nitrogens with one attached hydrogen (secondary N) is 1. The van der Waals surface area contributed by atoms with E-state index in [4.69, 9.17) is 15.2 Å². The summed E-state index contributed by atoms with van der Waals surface area (Å²) in [5.41, 5.74) is 5.71. The fourth-order valence-electron chi connectivity index (χ4n) is 1.08. The molecule has 0 spiro atoms. The topological polar surface area (TPSA) is 69.4 Å². The van der Waals surface area contributed by atoms with Gasteiger partial charge in [-0.1, -0.05) is 0 Å². The first-order chi connectivity index (χ1) is 7.79. The number of rotatable bonds is 8. The normalized spacial score (nSPS) is 10.6. The van der Waals surface area contributed by atoms with Gasteiger partial charge in [-0.05, 0) is 17.8 Å². The van der Waals surface area contributed by atoms with Gasteiger partial charge in [-0.2, -0.15) is 4.37 Å². The number of nitrogen functional groups attached to an aromatic ring is 1. The second-order valence-corrected chi connectivity index (χ2v) is 4.55. The number of hydrogen-bond donors (Lipinski definition) is 2. The molecule has 0 aliphatic carbocycles. The van der Waals surface area contributed by atoms with E-state index in [1.807, 2.05) is 6.26 Å². The second kappa shape index (κ2) is 7.72. The zero-order chi connectivity index (χ0) is 11.8. The van der Waals surface area contributed by atoms with Crippen LogP contribution >= 0.6 is 23.3 Å². The quantitative estimate of drug-likeness (QED) is 0.547. The summed E-state index contributed by atoms with van der Waals surface area (Å²) in [5, 5.41) is 4.27. The van der Waals surface area contributed by atoms with Crippen LogP contribution in [0.3, 0.4) is 0 Å². The molecule has 1 heterocycles. The summed E-state index contributed by atoms with van der Waals surface area (Å²) in [5.74, 6) is 0.598. The van der Waals surface area contributed by atoms with E-state index in [1.54, 1.807) is 18.9 Å². The molecule has 0 saturated heterocycles. The van der Waals surface area contributed by atoms with Gasteiger partial charge in [-0.3, -0.25) is 0 Å². The van der Waals surface area contributed by atoms with Gasteiger partial charge < -0.3 is 20.5 Å². The van der Waals surface area contributed by atoms with Gasteiger partial charge in [0.2, 0.25) is 0 Å². The molecule has 0 atom stereocenters. The molecule has 7 heteroatoms. The van der Waals surface area contributed by atoms with E-state index in [2.05, 4.69) is 9.69 Å². The van der Waals surface area contributed by atoms with Gasteiger partial charge in [0.25, 0.3) is 0 Å². The molecule has 0 unspecified atom stereocenters. The van der Waals surface area contributed by atoms with E-state index in [0.29, 0.717) is 25.6 Å². The van der Waals surface area contributed by atoms with Crippen LogP contribution in [0.4, 0.5) is 10.8 Å². The Labute approximate surface area is 104 Å². The molecule has 1 aromatic heterocycles. The minimum atomic E-state index is 0.598. The van der Waals surface area contributed by atoms with Gasteiger partial charge in [0.05, 0.1) is 24.7 Å². The second-order valence-electron chi connectivity index (χ2n) is 2.96. The summed E-state index contributed by atoms with van der Waals surface area (Å²) in [6, 6.07) is 0. The number of anilines is 2. The van der Waals surface area contributed by atoms with Crippen molar-refractivity contribution < 1.29 is 9.47 Å². The lowest BCUT2D eigenvalue weighted by atomic mass is 10.6. The monoisotopic (exact) mass is 263 g/mol. The maximum absolute atomic E-state index is 5.71. The van der Waals surface area contributed by atoms with Crippen LogP contribution in [0.25, 0.3) is 0 Å². The lowest BCUT2D eigenvalue weighted by Crippen LogP contribution is -2.11. The summed E-state index contributed by atoms with van der Waals surface area (Å²) in [4.78, 5) is 1.02. The van der Waals surface area contributed by atoms with Crippen LogP contribution in [0.1, 0.15) is 0 Å². The predicted molar refractivity (Wildman–Crippen MR) is 69.5 cm³/mol. The summed E-state index contributed by atoms with van der Waals surface area (Å²) in [6.07, 6.45) is 1.99. The zero-order valence-electron chi connectivity index (χ0n) is 9.49. The molecule has 3 N–H and O–H groups in total. The smallest absolute Gasteiger partial charge is 0.153 e. The van der Waals surface area contributed by atoms with Crippen LogP contribution in [0.15, 0.2) is 4.90 Å². The average molecular weight is 263 g/mol. The summed E-state index contributed by atoms with van der Waals surface area (Å²) >= 11 is 2.98. The van der Waals surface area contributed by atoms with Crippen molar-refractivity contribution in [3.8, 4) is 0 Å². The highest BCUT2D eigenvalue weighted by Crippen LogP contribution is 2.34. The van der Waals surface area contributed by atoms with E-state index in [-0.39, 0.29) is 0 Å². The molecule has 1 aromatic rings. The molecule has 0 radical (unpaired) electrons. The number of nitrogens with zero attached hydrogens (tertiary/aromatic N) is 1. The van der Waals surface area contributed by atoms with E-state index in [0.717, 1.165) is 16.4 Å². The maximum atomic E-state index is 5.71. The highest BCUT2D eigenvalue weighted by Gasteiger charge is 2.09. The van der Waals surface area contributed by atoms with Gasteiger partial charge in [0.15, 0.2) is 5.82 Å². The Hall–Kier alpha value is -0.500. The van der Waals surface area contributed by atoms with Gasteiger partial charge in [0, 0.05) is 13.7 Å². The molecule has 0 bridgehead atoms. The van der Waals surface area contributed by atoms with Crippen molar-refractivity contribution in [3.63, 3.8) is 0 Å². The standard InChI is InChI=1S/C9H17N3O2S2/c1-13-5-6-14-4-3-11-9-7(15-2)8(10)12-16-9/h11H,3-6H2,1-2H3,(H2,10,12). The first-order valence-electron chi connectivity index (χ1n) is 4.89. The number of thioether (sulfide) groups is 1. The largest absolute Gasteiger partial charge is 0.382 e. The first kappa shape index (κ1) is 13.6. The minimum absolute atomic E-state index is 0.598. The molecule has 0 aliphatic rings. The van der Waals surface area contributed by atoms with Crippen molar-refractivity contribution >= 4 is 34.1 Å². The number of aromatic nitrogens is 1. The molecule has 92 valence electrons. The molecule has 0 fully saturated rings. The maximum Gasteiger partial charge on any atom is 0.153 e. The van der Waals surface area contributed by atoms with Crippen molar-refractivity contribution in [1.29, 1.82) is 0 Å². The Bertz CT molecular complexity index is 307. The van der Waals surface area contributed by atoms with Crippen LogP contribution in [-0.4, -0.2) is 44.1 Å². The van der Waals surface area contributed by atoms with Crippen molar-refractivity contribution in [2.75, 3.05) is 50.8 Å². The van der Waals surface area contributed by atoms with E-state index >= 15 is 0 Å². The molecule has 0 aromatic carbocycles. The minimum Gasteiger partial charge on any atom is -0.382 e. The number of methoxy groups -OCH3 is 1. The Morgan fingerprint density at radius 1 is 1.44 bits per heavy atom. The Morgan fingerprint density at radius 3 is 2.94 bits per heavy atom. The van der Waals surface area contributed by atoms with Crippen LogP contribution in [-0.2, 0) is 9.47 Å². The lowest BCUT2D eigenvalue weighted by Gasteiger charge is -2.06. The molecular formula is C9H17N3O2S2. The zero-order valence-corrected chi connectivity index (χ0v) is 11.1. The molecule has 0 aliphatic heterocycles. The summed E-state index contributed by atoms with van der Waals surface area (Å²) in [7, 11) is 1.66. The van der Waals surface area contributed by atoms with E-state index in [9.17, 15) is 0 Å².